The molecule has 0 aromatic heterocycles. The topological polar surface area (TPSA) is 33.0 Å². The van der Waals surface area contributed by atoms with Crippen LogP contribution in [0, 0.1) is 11.3 Å². The first-order valence-corrected chi connectivity index (χ1v) is 12.4. The zero-order valence-electron chi connectivity index (χ0n) is 19.6. The molecule has 168 valence electrons. The highest BCUT2D eigenvalue weighted by molar-refractivity contribution is 5.76. The molecule has 0 saturated carbocycles. The molecule has 1 atom stereocenters. The summed E-state index contributed by atoms with van der Waals surface area (Å²) >= 11 is 0. The van der Waals surface area contributed by atoms with Gasteiger partial charge in [-0.05, 0) is 41.3 Å². The molecular formula is C30H37NO. The highest BCUT2D eigenvalue weighted by Crippen LogP contribution is 2.37. The van der Waals surface area contributed by atoms with Crippen molar-refractivity contribution in [2.45, 2.75) is 76.7 Å². The largest absolute Gasteiger partial charge is 0.366 e. The van der Waals surface area contributed by atoms with Crippen molar-refractivity contribution in [3.05, 3.63) is 89.5 Å². The van der Waals surface area contributed by atoms with Gasteiger partial charge in [0, 0.05) is 13.0 Å². The first-order chi connectivity index (χ1) is 15.8. The van der Waals surface area contributed by atoms with Crippen molar-refractivity contribution in [3.8, 4) is 6.07 Å². The SMILES string of the molecule is CCCCCCCCCCCOC1(c2ccccc2)C=CC(c2ccc(C#N)cc2)=CC1. The Bertz CT molecular complexity index is 904. The molecule has 2 nitrogen and oxygen atoms in total. The van der Waals surface area contributed by atoms with E-state index in [1.807, 2.05) is 24.3 Å². The maximum atomic E-state index is 9.03. The summed E-state index contributed by atoms with van der Waals surface area (Å²) in [4.78, 5) is 0. The zero-order valence-corrected chi connectivity index (χ0v) is 19.6. The third-order valence-electron chi connectivity index (χ3n) is 6.37. The van der Waals surface area contributed by atoms with Crippen molar-refractivity contribution in [1.82, 2.24) is 0 Å². The summed E-state index contributed by atoms with van der Waals surface area (Å²) in [7, 11) is 0. The Kier molecular flexibility index (Phi) is 9.79. The Morgan fingerprint density at radius 3 is 2.09 bits per heavy atom. The lowest BCUT2D eigenvalue weighted by molar-refractivity contribution is -0.0129. The first-order valence-electron chi connectivity index (χ1n) is 12.4. The third kappa shape index (κ3) is 6.94. The number of unbranched alkanes of at least 4 members (excludes halogenated alkanes) is 8. The summed E-state index contributed by atoms with van der Waals surface area (Å²) in [6, 6.07) is 20.6. The zero-order chi connectivity index (χ0) is 22.5. The molecule has 2 heteroatoms. The maximum absolute atomic E-state index is 9.03. The Balaban J connectivity index is 1.53. The van der Waals surface area contributed by atoms with E-state index in [9.17, 15) is 0 Å². The summed E-state index contributed by atoms with van der Waals surface area (Å²) in [5.41, 5.74) is 3.84. The number of nitrogens with zero attached hydrogens (tertiary/aromatic N) is 1. The van der Waals surface area contributed by atoms with Gasteiger partial charge in [0.05, 0.1) is 11.6 Å². The second-order valence-electron chi connectivity index (χ2n) is 8.82. The van der Waals surface area contributed by atoms with E-state index in [2.05, 4.69) is 61.6 Å². The first kappa shape index (κ1) is 24.0. The standard InChI is InChI=1S/C30H37NO/c1-2-3-4-5-6-7-8-9-13-24-32-30(29-14-11-10-12-15-29)22-20-28(21-23-30)27-18-16-26(25-31)17-19-27/h10-12,14-22H,2-9,13,23-24H2,1H3. The summed E-state index contributed by atoms with van der Waals surface area (Å²) < 4.78 is 6.56. The van der Waals surface area contributed by atoms with Gasteiger partial charge in [0.15, 0.2) is 0 Å². The summed E-state index contributed by atoms with van der Waals surface area (Å²) in [6.07, 6.45) is 19.4. The molecule has 0 aliphatic heterocycles. The molecule has 2 aromatic rings. The predicted octanol–water partition coefficient (Wildman–Crippen LogP) is 8.34. The molecule has 32 heavy (non-hydrogen) atoms. The fourth-order valence-electron chi connectivity index (χ4n) is 4.37. The van der Waals surface area contributed by atoms with Crippen molar-refractivity contribution < 1.29 is 4.74 Å². The van der Waals surface area contributed by atoms with Crippen molar-refractivity contribution in [2.75, 3.05) is 6.61 Å². The van der Waals surface area contributed by atoms with Gasteiger partial charge in [0.2, 0.25) is 0 Å². The average Bonchev–Trinajstić information content (AvgIpc) is 2.86. The van der Waals surface area contributed by atoms with E-state index >= 15 is 0 Å². The number of nitriles is 1. The molecule has 0 amide bonds. The molecule has 0 saturated heterocycles. The summed E-state index contributed by atoms with van der Waals surface area (Å²) in [6.45, 7) is 3.06. The van der Waals surface area contributed by atoms with E-state index in [-0.39, 0.29) is 0 Å². The Morgan fingerprint density at radius 2 is 1.50 bits per heavy atom. The smallest absolute Gasteiger partial charge is 0.115 e. The molecule has 0 heterocycles. The lowest BCUT2D eigenvalue weighted by Gasteiger charge is -2.33. The third-order valence-corrected chi connectivity index (χ3v) is 6.37. The minimum atomic E-state index is -0.391. The van der Waals surface area contributed by atoms with Crippen molar-refractivity contribution in [3.63, 3.8) is 0 Å². The number of hydrogen-bond donors (Lipinski definition) is 0. The van der Waals surface area contributed by atoms with Crippen LogP contribution in [-0.4, -0.2) is 6.61 Å². The molecule has 0 radical (unpaired) electrons. The van der Waals surface area contributed by atoms with Gasteiger partial charge in [0.1, 0.15) is 5.60 Å². The van der Waals surface area contributed by atoms with Crippen LogP contribution < -0.4 is 0 Å². The molecule has 1 aliphatic carbocycles. The van der Waals surface area contributed by atoms with Crippen LogP contribution in [-0.2, 0) is 10.3 Å². The van der Waals surface area contributed by atoms with E-state index < -0.39 is 5.60 Å². The van der Waals surface area contributed by atoms with Crippen LogP contribution in [0.25, 0.3) is 5.57 Å². The van der Waals surface area contributed by atoms with Crippen LogP contribution in [0.5, 0.6) is 0 Å². The molecule has 0 spiro atoms. The van der Waals surface area contributed by atoms with Gasteiger partial charge in [-0.1, -0.05) is 113 Å². The van der Waals surface area contributed by atoms with E-state index in [0.717, 1.165) is 25.0 Å². The Labute approximate surface area is 194 Å². The lowest BCUT2D eigenvalue weighted by atomic mass is 9.84. The Hall–Kier alpha value is -2.63. The van der Waals surface area contributed by atoms with Crippen molar-refractivity contribution >= 4 is 5.57 Å². The second kappa shape index (κ2) is 13.0. The molecule has 1 unspecified atom stereocenters. The number of rotatable bonds is 13. The van der Waals surface area contributed by atoms with Crippen molar-refractivity contribution in [2.24, 2.45) is 0 Å². The van der Waals surface area contributed by atoms with Gasteiger partial charge < -0.3 is 4.74 Å². The van der Waals surface area contributed by atoms with Gasteiger partial charge in [0.25, 0.3) is 0 Å². The number of ether oxygens (including phenoxy) is 1. The van der Waals surface area contributed by atoms with Crippen LogP contribution in [0.15, 0.2) is 72.8 Å². The van der Waals surface area contributed by atoms with E-state index in [0.29, 0.717) is 5.56 Å². The molecule has 0 N–H and O–H groups in total. The van der Waals surface area contributed by atoms with E-state index in [4.69, 9.17) is 10.00 Å². The van der Waals surface area contributed by atoms with Crippen LogP contribution >= 0.6 is 0 Å². The van der Waals surface area contributed by atoms with Crippen LogP contribution in [0.1, 0.15) is 87.8 Å². The van der Waals surface area contributed by atoms with Gasteiger partial charge in [-0.15, -0.1) is 0 Å². The summed E-state index contributed by atoms with van der Waals surface area (Å²) in [5.74, 6) is 0. The quantitative estimate of drug-likeness (QED) is 0.301. The molecule has 0 fully saturated rings. The van der Waals surface area contributed by atoms with Crippen LogP contribution in [0.3, 0.4) is 0 Å². The molecule has 0 bridgehead atoms. The van der Waals surface area contributed by atoms with Gasteiger partial charge in [-0.3, -0.25) is 0 Å². The van der Waals surface area contributed by atoms with Crippen molar-refractivity contribution in [1.29, 1.82) is 5.26 Å². The predicted molar refractivity (Wildman–Crippen MR) is 134 cm³/mol. The molecule has 3 rings (SSSR count). The number of benzene rings is 2. The van der Waals surface area contributed by atoms with Gasteiger partial charge >= 0.3 is 0 Å². The molecular weight excluding hydrogens is 390 g/mol. The van der Waals surface area contributed by atoms with Gasteiger partial charge in [-0.25, -0.2) is 0 Å². The van der Waals surface area contributed by atoms with E-state index in [1.54, 1.807) is 0 Å². The molecule has 2 aromatic carbocycles. The molecule has 1 aliphatic rings. The number of allylic oxidation sites excluding steroid dienone is 2. The van der Waals surface area contributed by atoms with Crippen LogP contribution in [0.4, 0.5) is 0 Å². The fourth-order valence-corrected chi connectivity index (χ4v) is 4.37. The number of hydrogen-bond acceptors (Lipinski definition) is 2. The van der Waals surface area contributed by atoms with E-state index in [1.165, 1.54) is 62.5 Å². The summed E-state index contributed by atoms with van der Waals surface area (Å²) in [5, 5.41) is 9.03. The van der Waals surface area contributed by atoms with Gasteiger partial charge in [-0.2, -0.15) is 5.26 Å². The lowest BCUT2D eigenvalue weighted by Crippen LogP contribution is -2.29. The van der Waals surface area contributed by atoms with Crippen LogP contribution in [0.2, 0.25) is 0 Å². The normalized spacial score (nSPS) is 17.7. The minimum absolute atomic E-state index is 0.391. The second-order valence-corrected chi connectivity index (χ2v) is 8.82. The Morgan fingerprint density at radius 1 is 0.844 bits per heavy atom. The highest BCUT2D eigenvalue weighted by atomic mass is 16.5. The minimum Gasteiger partial charge on any atom is -0.366 e. The maximum Gasteiger partial charge on any atom is 0.115 e. The average molecular weight is 428 g/mol. The fraction of sp³-hybridized carbons (Fsp3) is 0.433. The highest BCUT2D eigenvalue weighted by Gasteiger charge is 2.31. The monoisotopic (exact) mass is 427 g/mol.